The van der Waals surface area contributed by atoms with Crippen LogP contribution in [0.15, 0.2) is 0 Å². The van der Waals surface area contributed by atoms with Gasteiger partial charge in [-0.2, -0.15) is 0 Å². The van der Waals surface area contributed by atoms with Gasteiger partial charge < -0.3 is 10.6 Å². The van der Waals surface area contributed by atoms with Gasteiger partial charge in [-0.3, -0.25) is 4.79 Å². The van der Waals surface area contributed by atoms with E-state index in [0.29, 0.717) is 17.7 Å². The van der Waals surface area contributed by atoms with E-state index in [1.54, 1.807) is 0 Å². The van der Waals surface area contributed by atoms with Crippen molar-refractivity contribution in [1.29, 1.82) is 0 Å². The number of nitrogens with zero attached hydrogens (tertiary/aromatic N) is 1. The summed E-state index contributed by atoms with van der Waals surface area (Å²) in [7, 11) is 0. The first kappa shape index (κ1) is 12.5. The molecule has 0 spiro atoms. The third kappa shape index (κ3) is 2.42. The van der Waals surface area contributed by atoms with Crippen molar-refractivity contribution in [1.82, 2.24) is 4.90 Å². The molecule has 3 heteroatoms. The third-order valence-electron chi connectivity index (χ3n) is 5.37. The van der Waals surface area contributed by atoms with Gasteiger partial charge in [0.15, 0.2) is 0 Å². The Hall–Kier alpha value is -0.570. The molecule has 1 heterocycles. The number of hydrogen-bond acceptors (Lipinski definition) is 2. The lowest BCUT2D eigenvalue weighted by molar-refractivity contribution is -0.134. The van der Waals surface area contributed by atoms with E-state index >= 15 is 0 Å². The molecule has 2 aliphatic carbocycles. The maximum absolute atomic E-state index is 12.4. The van der Waals surface area contributed by atoms with Crippen LogP contribution >= 0.6 is 0 Å². The van der Waals surface area contributed by atoms with Crippen LogP contribution in [0.2, 0.25) is 0 Å². The number of carbonyl (C=O) groups excluding carboxylic acids is 1. The zero-order valence-corrected chi connectivity index (χ0v) is 11.5. The van der Waals surface area contributed by atoms with E-state index in [-0.39, 0.29) is 6.04 Å². The highest BCUT2D eigenvalue weighted by molar-refractivity contribution is 5.76. The second-order valence-corrected chi connectivity index (χ2v) is 7.04. The number of hydrogen-bond donors (Lipinski definition) is 1. The van der Waals surface area contributed by atoms with Gasteiger partial charge in [-0.05, 0) is 49.4 Å². The van der Waals surface area contributed by atoms with Crippen molar-refractivity contribution in [3.8, 4) is 0 Å². The molecule has 18 heavy (non-hydrogen) atoms. The van der Waals surface area contributed by atoms with Crippen molar-refractivity contribution in [3.63, 3.8) is 0 Å². The normalized spacial score (nSPS) is 43.4. The predicted molar refractivity (Wildman–Crippen MR) is 71.9 cm³/mol. The fourth-order valence-corrected chi connectivity index (χ4v) is 4.58. The monoisotopic (exact) mass is 250 g/mol. The van der Waals surface area contributed by atoms with Gasteiger partial charge in [-0.25, -0.2) is 0 Å². The first-order valence-corrected chi connectivity index (χ1v) is 7.65. The van der Waals surface area contributed by atoms with Gasteiger partial charge in [0.05, 0.1) is 0 Å². The van der Waals surface area contributed by atoms with E-state index in [0.717, 1.165) is 37.8 Å². The van der Waals surface area contributed by atoms with Crippen molar-refractivity contribution >= 4 is 5.91 Å². The Balaban J connectivity index is 1.55. The van der Waals surface area contributed by atoms with Gasteiger partial charge in [0.1, 0.15) is 0 Å². The van der Waals surface area contributed by atoms with Gasteiger partial charge >= 0.3 is 0 Å². The van der Waals surface area contributed by atoms with Crippen molar-refractivity contribution in [2.75, 3.05) is 13.1 Å². The van der Waals surface area contributed by atoms with Gasteiger partial charge in [0.2, 0.25) is 5.91 Å². The molecule has 3 aliphatic rings. The summed E-state index contributed by atoms with van der Waals surface area (Å²) in [4.78, 5) is 14.4. The standard InChI is InChI=1S/C15H26N2O/c1-10-4-14(16)9-17(8-10)15(18)7-13-6-11-2-3-12(13)5-11/h10-14H,2-9,16H2,1H3. The molecular formula is C15H26N2O. The molecule has 3 nitrogen and oxygen atoms in total. The number of piperidine rings is 1. The van der Waals surface area contributed by atoms with Crippen LogP contribution in [0.4, 0.5) is 0 Å². The van der Waals surface area contributed by atoms with E-state index in [1.807, 2.05) is 4.90 Å². The van der Waals surface area contributed by atoms with E-state index in [1.165, 1.54) is 25.7 Å². The molecule has 0 aromatic heterocycles. The highest BCUT2D eigenvalue weighted by atomic mass is 16.2. The number of carbonyl (C=O) groups is 1. The summed E-state index contributed by atoms with van der Waals surface area (Å²) >= 11 is 0. The molecule has 0 aromatic rings. The molecule has 3 fully saturated rings. The minimum absolute atomic E-state index is 0.192. The van der Waals surface area contributed by atoms with Crippen LogP contribution < -0.4 is 5.73 Å². The van der Waals surface area contributed by atoms with Crippen LogP contribution in [0.5, 0.6) is 0 Å². The van der Waals surface area contributed by atoms with Gasteiger partial charge in [-0.1, -0.05) is 13.3 Å². The van der Waals surface area contributed by atoms with Gasteiger partial charge in [-0.15, -0.1) is 0 Å². The number of fused-ring (bicyclic) bond motifs is 2. The summed E-state index contributed by atoms with van der Waals surface area (Å²) < 4.78 is 0. The largest absolute Gasteiger partial charge is 0.341 e. The van der Waals surface area contributed by atoms with Crippen molar-refractivity contribution in [3.05, 3.63) is 0 Å². The molecule has 1 saturated heterocycles. The highest BCUT2D eigenvalue weighted by Gasteiger charge is 2.41. The summed E-state index contributed by atoms with van der Waals surface area (Å²) in [5.74, 6) is 3.42. The zero-order chi connectivity index (χ0) is 12.7. The Morgan fingerprint density at radius 2 is 2.06 bits per heavy atom. The van der Waals surface area contributed by atoms with Gasteiger partial charge in [0, 0.05) is 25.6 Å². The lowest BCUT2D eigenvalue weighted by atomic mass is 9.85. The van der Waals surface area contributed by atoms with E-state index < -0.39 is 0 Å². The SMILES string of the molecule is CC1CC(N)CN(C(=O)CC2CC3CCC2C3)C1. The predicted octanol–water partition coefficient (Wildman–Crippen LogP) is 2.01. The quantitative estimate of drug-likeness (QED) is 0.815. The summed E-state index contributed by atoms with van der Waals surface area (Å²) in [5, 5.41) is 0. The molecule has 1 amide bonds. The molecule has 3 rings (SSSR count). The second kappa shape index (κ2) is 4.84. The molecule has 0 radical (unpaired) electrons. The first-order valence-electron chi connectivity index (χ1n) is 7.65. The Labute approximate surface area is 110 Å². The first-order chi connectivity index (χ1) is 8.61. The van der Waals surface area contributed by atoms with Crippen LogP contribution in [0.1, 0.15) is 45.4 Å². The molecule has 2 bridgehead atoms. The fraction of sp³-hybridized carbons (Fsp3) is 0.933. The molecule has 5 unspecified atom stereocenters. The Morgan fingerprint density at radius 3 is 2.67 bits per heavy atom. The smallest absolute Gasteiger partial charge is 0.222 e. The highest BCUT2D eigenvalue weighted by Crippen LogP contribution is 2.49. The number of amides is 1. The fourth-order valence-electron chi connectivity index (χ4n) is 4.58. The zero-order valence-electron chi connectivity index (χ0n) is 11.5. The van der Waals surface area contributed by atoms with Gasteiger partial charge in [0.25, 0.3) is 0 Å². The average molecular weight is 250 g/mol. The topological polar surface area (TPSA) is 46.3 Å². The van der Waals surface area contributed by atoms with Crippen LogP contribution in [0.3, 0.4) is 0 Å². The Kier molecular flexibility index (Phi) is 3.35. The van der Waals surface area contributed by atoms with Crippen LogP contribution in [0.25, 0.3) is 0 Å². The van der Waals surface area contributed by atoms with Crippen molar-refractivity contribution in [2.45, 2.75) is 51.5 Å². The molecule has 102 valence electrons. The molecule has 2 saturated carbocycles. The minimum atomic E-state index is 0.192. The lowest BCUT2D eigenvalue weighted by Gasteiger charge is -2.36. The number of rotatable bonds is 2. The third-order valence-corrected chi connectivity index (χ3v) is 5.37. The molecule has 1 aliphatic heterocycles. The number of nitrogens with two attached hydrogens (primary N) is 1. The second-order valence-electron chi connectivity index (χ2n) is 7.04. The maximum atomic E-state index is 12.4. The average Bonchev–Trinajstić information content (AvgIpc) is 2.89. The Morgan fingerprint density at radius 1 is 1.22 bits per heavy atom. The van der Waals surface area contributed by atoms with E-state index in [2.05, 4.69) is 6.92 Å². The molecule has 0 aromatic carbocycles. The van der Waals surface area contributed by atoms with E-state index in [9.17, 15) is 4.79 Å². The summed E-state index contributed by atoms with van der Waals surface area (Å²) in [5.41, 5.74) is 6.03. The van der Waals surface area contributed by atoms with Crippen molar-refractivity contribution in [2.24, 2.45) is 29.4 Å². The molecule has 2 N–H and O–H groups in total. The summed E-state index contributed by atoms with van der Waals surface area (Å²) in [6.45, 7) is 3.91. The minimum Gasteiger partial charge on any atom is -0.341 e. The van der Waals surface area contributed by atoms with Crippen LogP contribution in [0, 0.1) is 23.7 Å². The van der Waals surface area contributed by atoms with E-state index in [4.69, 9.17) is 5.73 Å². The van der Waals surface area contributed by atoms with Crippen LogP contribution in [-0.2, 0) is 4.79 Å². The van der Waals surface area contributed by atoms with Crippen LogP contribution in [-0.4, -0.2) is 29.9 Å². The number of likely N-dealkylation sites (tertiary alicyclic amines) is 1. The summed E-state index contributed by atoms with van der Waals surface area (Å²) in [6, 6.07) is 0.192. The molecular weight excluding hydrogens is 224 g/mol. The lowest BCUT2D eigenvalue weighted by Crippen LogP contribution is -2.49. The Bertz CT molecular complexity index is 320. The summed E-state index contributed by atoms with van der Waals surface area (Å²) in [6.07, 6.45) is 7.36. The van der Waals surface area contributed by atoms with Crippen molar-refractivity contribution < 1.29 is 4.79 Å². The molecule has 5 atom stereocenters. The maximum Gasteiger partial charge on any atom is 0.222 e.